The Balaban J connectivity index is 1.79. The number of hydrogen-bond acceptors (Lipinski definition) is 2. The quantitative estimate of drug-likeness (QED) is 0.652. The minimum Gasteiger partial charge on any atom is -0.384 e. The van der Waals surface area contributed by atoms with E-state index in [0.29, 0.717) is 0 Å². The smallest absolute Gasteiger partial charge is 0.126 e. The molecule has 0 spiro atoms. The predicted octanol–water partition coefficient (Wildman–Crippen LogP) is 3.61. The van der Waals surface area contributed by atoms with Gasteiger partial charge in [-0.25, -0.2) is 0 Å². The van der Waals surface area contributed by atoms with Crippen molar-refractivity contribution in [3.63, 3.8) is 0 Å². The number of hydrogen-bond donors (Lipinski definition) is 2. The lowest BCUT2D eigenvalue weighted by Gasteiger charge is -2.30. The van der Waals surface area contributed by atoms with Crippen molar-refractivity contribution >= 4 is 27.5 Å². The lowest BCUT2D eigenvalue weighted by atomic mass is 9.88. The summed E-state index contributed by atoms with van der Waals surface area (Å²) in [6.07, 6.45) is 5.69. The Morgan fingerprint density at radius 1 is 1.40 bits per heavy atom. The summed E-state index contributed by atoms with van der Waals surface area (Å²) in [7, 11) is 2.13. The molecule has 0 amide bonds. The minimum absolute atomic E-state index is 0.132. The fraction of sp³-hybridized carbons (Fsp3) is 0.562. The van der Waals surface area contributed by atoms with Crippen molar-refractivity contribution in [3.05, 3.63) is 28.2 Å². The number of anilines is 1. The number of nitrogens with two attached hydrogens (primary N) is 1. The summed E-state index contributed by atoms with van der Waals surface area (Å²) in [6, 6.07) is 6.03. The van der Waals surface area contributed by atoms with E-state index in [1.54, 1.807) is 0 Å². The molecule has 2 bridgehead atoms. The molecule has 3 atom stereocenters. The molecular weight excluding hydrogens is 314 g/mol. The Hall–Kier alpha value is -1.03. The van der Waals surface area contributed by atoms with Crippen LogP contribution in [0.25, 0.3) is 0 Å². The highest BCUT2D eigenvalue weighted by molar-refractivity contribution is 9.10. The SMILES string of the molecule is CN(CC1CC2CCC1C2)c1cccc(Br)c1C(=N)N. The largest absolute Gasteiger partial charge is 0.384 e. The molecule has 2 aliphatic carbocycles. The Morgan fingerprint density at radius 3 is 2.80 bits per heavy atom. The van der Waals surface area contributed by atoms with Crippen molar-refractivity contribution in [1.29, 1.82) is 5.41 Å². The van der Waals surface area contributed by atoms with Crippen LogP contribution >= 0.6 is 15.9 Å². The molecule has 1 aromatic rings. The fourth-order valence-electron chi connectivity index (χ4n) is 4.15. The number of rotatable bonds is 4. The maximum Gasteiger partial charge on any atom is 0.126 e. The number of benzene rings is 1. The van der Waals surface area contributed by atoms with Crippen molar-refractivity contribution in [3.8, 4) is 0 Å². The van der Waals surface area contributed by atoms with Crippen LogP contribution in [0.3, 0.4) is 0 Å². The second-order valence-electron chi connectivity index (χ2n) is 6.36. The molecule has 2 saturated carbocycles. The second-order valence-corrected chi connectivity index (χ2v) is 7.22. The van der Waals surface area contributed by atoms with E-state index < -0.39 is 0 Å². The second kappa shape index (κ2) is 5.40. The van der Waals surface area contributed by atoms with E-state index in [1.807, 2.05) is 12.1 Å². The molecule has 108 valence electrons. The first-order valence-electron chi connectivity index (χ1n) is 7.40. The zero-order valence-electron chi connectivity index (χ0n) is 11.9. The highest BCUT2D eigenvalue weighted by Crippen LogP contribution is 2.48. The molecule has 2 aliphatic rings. The molecule has 1 aromatic carbocycles. The molecule has 3 N–H and O–H groups in total. The van der Waals surface area contributed by atoms with E-state index in [4.69, 9.17) is 11.1 Å². The monoisotopic (exact) mass is 335 g/mol. The normalized spacial score (nSPS) is 27.8. The maximum atomic E-state index is 7.80. The molecule has 3 rings (SSSR count). The van der Waals surface area contributed by atoms with Gasteiger partial charge >= 0.3 is 0 Å². The highest BCUT2D eigenvalue weighted by atomic mass is 79.9. The summed E-state index contributed by atoms with van der Waals surface area (Å²) in [4.78, 5) is 2.28. The topological polar surface area (TPSA) is 53.1 Å². The highest BCUT2D eigenvalue weighted by Gasteiger charge is 2.39. The number of fused-ring (bicyclic) bond motifs is 2. The molecule has 0 radical (unpaired) electrons. The standard InChI is InChI=1S/C16H22BrN3/c1-20(9-12-8-10-5-6-11(12)7-10)14-4-2-3-13(17)15(14)16(18)19/h2-4,10-12H,5-9H2,1H3,(H3,18,19). The fourth-order valence-corrected chi connectivity index (χ4v) is 4.72. The van der Waals surface area contributed by atoms with Gasteiger partial charge in [0.2, 0.25) is 0 Å². The van der Waals surface area contributed by atoms with Crippen molar-refractivity contribution in [2.45, 2.75) is 25.7 Å². The van der Waals surface area contributed by atoms with Crippen molar-refractivity contribution in [2.24, 2.45) is 23.5 Å². The third-order valence-corrected chi connectivity index (χ3v) is 5.73. The van der Waals surface area contributed by atoms with E-state index in [2.05, 4.69) is 33.9 Å². The van der Waals surface area contributed by atoms with Crippen molar-refractivity contribution in [1.82, 2.24) is 0 Å². The number of halogens is 1. The Bertz CT molecular complexity index is 528. The van der Waals surface area contributed by atoms with Gasteiger partial charge in [0.05, 0.1) is 5.56 Å². The van der Waals surface area contributed by atoms with Gasteiger partial charge in [-0.05, 0) is 65.1 Å². The van der Waals surface area contributed by atoms with Crippen molar-refractivity contribution in [2.75, 3.05) is 18.5 Å². The van der Waals surface area contributed by atoms with Crippen LogP contribution in [0.4, 0.5) is 5.69 Å². The van der Waals surface area contributed by atoms with E-state index in [9.17, 15) is 0 Å². The summed E-state index contributed by atoms with van der Waals surface area (Å²) in [5, 5.41) is 7.80. The van der Waals surface area contributed by atoms with Crippen LogP contribution in [0, 0.1) is 23.2 Å². The summed E-state index contributed by atoms with van der Waals surface area (Å²) in [5.74, 6) is 2.85. The summed E-state index contributed by atoms with van der Waals surface area (Å²) in [5.41, 5.74) is 7.63. The van der Waals surface area contributed by atoms with Gasteiger partial charge in [0.25, 0.3) is 0 Å². The molecule has 20 heavy (non-hydrogen) atoms. The van der Waals surface area contributed by atoms with E-state index in [0.717, 1.165) is 40.0 Å². The van der Waals surface area contributed by atoms with Crippen LogP contribution < -0.4 is 10.6 Å². The number of nitrogen functional groups attached to an aromatic ring is 1. The van der Waals surface area contributed by atoms with Gasteiger partial charge in [-0.15, -0.1) is 0 Å². The molecule has 0 aromatic heterocycles. The van der Waals surface area contributed by atoms with Gasteiger partial charge in [-0.1, -0.05) is 12.5 Å². The van der Waals surface area contributed by atoms with Gasteiger partial charge in [-0.2, -0.15) is 0 Å². The molecule has 3 nitrogen and oxygen atoms in total. The van der Waals surface area contributed by atoms with Gasteiger partial charge in [-0.3, -0.25) is 5.41 Å². The van der Waals surface area contributed by atoms with Crippen LogP contribution in [0.1, 0.15) is 31.2 Å². The number of nitrogens with zero attached hydrogens (tertiary/aromatic N) is 1. The Labute approximate surface area is 129 Å². The summed E-state index contributed by atoms with van der Waals surface area (Å²) in [6.45, 7) is 1.08. The van der Waals surface area contributed by atoms with Gasteiger partial charge in [0, 0.05) is 23.8 Å². The van der Waals surface area contributed by atoms with Crippen LogP contribution in [-0.2, 0) is 0 Å². The molecule has 0 heterocycles. The third-order valence-electron chi connectivity index (χ3n) is 5.07. The van der Waals surface area contributed by atoms with Crippen LogP contribution in [-0.4, -0.2) is 19.4 Å². The van der Waals surface area contributed by atoms with Gasteiger partial charge < -0.3 is 10.6 Å². The predicted molar refractivity (Wildman–Crippen MR) is 87.4 cm³/mol. The zero-order chi connectivity index (χ0) is 14.3. The van der Waals surface area contributed by atoms with Crippen LogP contribution in [0.2, 0.25) is 0 Å². The first-order chi connectivity index (χ1) is 9.56. The molecular formula is C16H22BrN3. The zero-order valence-corrected chi connectivity index (χ0v) is 13.5. The number of amidine groups is 1. The summed E-state index contributed by atoms with van der Waals surface area (Å²) < 4.78 is 0.905. The number of nitrogens with one attached hydrogen (secondary N) is 1. The van der Waals surface area contributed by atoms with Crippen LogP contribution in [0.5, 0.6) is 0 Å². The van der Waals surface area contributed by atoms with E-state index >= 15 is 0 Å². The average Bonchev–Trinajstić information content (AvgIpc) is 3.00. The van der Waals surface area contributed by atoms with E-state index in [-0.39, 0.29) is 5.84 Å². The molecule has 2 fully saturated rings. The lowest BCUT2D eigenvalue weighted by Crippen LogP contribution is -2.30. The summed E-state index contributed by atoms with van der Waals surface area (Å²) >= 11 is 3.51. The van der Waals surface area contributed by atoms with Crippen molar-refractivity contribution < 1.29 is 0 Å². The first kappa shape index (κ1) is 13.9. The Kier molecular flexibility index (Phi) is 3.76. The van der Waals surface area contributed by atoms with E-state index in [1.165, 1.54) is 25.7 Å². The maximum absolute atomic E-state index is 7.80. The lowest BCUT2D eigenvalue weighted by molar-refractivity contribution is 0.337. The van der Waals surface area contributed by atoms with Gasteiger partial charge in [0.1, 0.15) is 5.84 Å². The first-order valence-corrected chi connectivity index (χ1v) is 8.19. The molecule has 0 aliphatic heterocycles. The average molecular weight is 336 g/mol. The van der Waals surface area contributed by atoms with Gasteiger partial charge in [0.15, 0.2) is 0 Å². The Morgan fingerprint density at radius 2 is 2.20 bits per heavy atom. The third kappa shape index (κ3) is 2.46. The van der Waals surface area contributed by atoms with Crippen LogP contribution in [0.15, 0.2) is 22.7 Å². The molecule has 0 saturated heterocycles. The molecule has 4 heteroatoms. The molecule has 3 unspecified atom stereocenters. The minimum atomic E-state index is 0.132.